The molecule has 13 heteroatoms. The van der Waals surface area contributed by atoms with Gasteiger partial charge in [-0.15, -0.1) is 0 Å². The number of aliphatic hydroxyl groups is 8. The Balaban J connectivity index is 1.68. The molecule has 0 bridgehead atoms. The second-order valence-corrected chi connectivity index (χ2v) is 7.63. The van der Waals surface area contributed by atoms with Crippen LogP contribution in [0.1, 0.15) is 6.92 Å². The monoisotopic (exact) mass is 439 g/mol. The Hall–Kier alpha value is -0.810. The minimum absolute atomic E-state index is 0.429. The molecule has 0 aromatic heterocycles. The van der Waals surface area contributed by atoms with Gasteiger partial charge < -0.3 is 59.8 Å². The normalized spacial score (nSPS) is 52.0. The molecule has 0 amide bonds. The number of aliphatic hydroxyl groups excluding tert-OH is 8. The molecular weight excluding hydrogens is 410 g/mol. The summed E-state index contributed by atoms with van der Waals surface area (Å²) in [5.74, 6) is 0. The highest BCUT2D eigenvalue weighted by Crippen LogP contribution is 2.30. The Morgan fingerprint density at radius 2 is 1.37 bits per heavy atom. The van der Waals surface area contributed by atoms with Crippen LogP contribution in [-0.4, -0.2) is 140 Å². The van der Waals surface area contributed by atoms with Gasteiger partial charge in [-0.05, 0) is 6.92 Å². The predicted octanol–water partition coefficient (Wildman–Crippen LogP) is -5.17. The van der Waals surface area contributed by atoms with Crippen molar-refractivity contribution in [3.8, 4) is 0 Å². The zero-order chi connectivity index (χ0) is 22.2. The van der Waals surface area contributed by atoms with Gasteiger partial charge in [0.2, 0.25) is 0 Å². The van der Waals surface area contributed by atoms with Gasteiger partial charge >= 0.3 is 0 Å². The quantitative estimate of drug-likeness (QED) is 0.195. The predicted molar refractivity (Wildman–Crippen MR) is 95.2 cm³/mol. The molecule has 0 saturated carbocycles. The smallest absolute Gasteiger partial charge is 0.187 e. The van der Waals surface area contributed by atoms with Crippen LogP contribution >= 0.6 is 0 Å². The van der Waals surface area contributed by atoms with Crippen molar-refractivity contribution in [3.05, 3.63) is 0 Å². The van der Waals surface area contributed by atoms with Gasteiger partial charge in [-0.3, -0.25) is 4.99 Å². The zero-order valence-corrected chi connectivity index (χ0v) is 16.2. The zero-order valence-electron chi connectivity index (χ0n) is 16.2. The molecule has 3 aliphatic rings. The van der Waals surface area contributed by atoms with Crippen LogP contribution in [0, 0.1) is 0 Å². The van der Waals surface area contributed by atoms with Crippen molar-refractivity contribution in [2.24, 2.45) is 4.99 Å². The van der Waals surface area contributed by atoms with Crippen molar-refractivity contribution in [1.82, 2.24) is 0 Å². The fourth-order valence-electron chi connectivity index (χ4n) is 3.69. The third kappa shape index (κ3) is 4.53. The van der Waals surface area contributed by atoms with Crippen LogP contribution in [0.15, 0.2) is 4.99 Å². The van der Waals surface area contributed by atoms with Gasteiger partial charge in [-0.25, -0.2) is 0 Å². The summed E-state index contributed by atoms with van der Waals surface area (Å²) in [5, 5.41) is 79.6. The number of aliphatic imine (C=N–C) groups is 1. The molecule has 174 valence electrons. The molecule has 3 aliphatic heterocycles. The molecule has 0 radical (unpaired) electrons. The molecule has 30 heavy (non-hydrogen) atoms. The van der Waals surface area contributed by atoms with Gasteiger partial charge in [-0.1, -0.05) is 0 Å². The third-order valence-corrected chi connectivity index (χ3v) is 5.54. The van der Waals surface area contributed by atoms with Crippen LogP contribution < -0.4 is 0 Å². The van der Waals surface area contributed by atoms with E-state index >= 15 is 0 Å². The van der Waals surface area contributed by atoms with Crippen LogP contribution in [0.25, 0.3) is 0 Å². The molecule has 13 nitrogen and oxygen atoms in total. The Bertz CT molecular complexity index is 593. The lowest BCUT2D eigenvalue weighted by molar-refractivity contribution is -0.361. The van der Waals surface area contributed by atoms with Crippen molar-refractivity contribution in [1.29, 1.82) is 0 Å². The molecule has 3 rings (SSSR count). The van der Waals surface area contributed by atoms with E-state index in [2.05, 4.69) is 4.99 Å². The standard InChI is InChI=1S/C17H29NO12/c1-5-9(22)10(23)12(25)16(27-5)30-15-8(4-20)28-17(13(26)11(15)24)29-14-6(3-19)18-2-7(14)21/h2,5-17,19-26H,3-4H2,1H3/t5-,6-,7-,8-,9-,10+,11-,12-,13-,14-,15-,16-,17-/m1/s1. The SMILES string of the molecule is C[C@H]1O[C@H](O[C@H]2[C@H](O)[C@@H](O)[C@@H](O[C@H]3[C@H](O)C=N[C@@H]3CO)O[C@@H]2CO)[C@H](O)[C@@H](O)[C@@H]1O. The van der Waals surface area contributed by atoms with Crippen LogP contribution in [0.4, 0.5) is 0 Å². The largest absolute Gasteiger partial charge is 0.394 e. The van der Waals surface area contributed by atoms with Crippen LogP contribution in [0.5, 0.6) is 0 Å². The average molecular weight is 439 g/mol. The van der Waals surface area contributed by atoms with E-state index in [1.54, 1.807) is 0 Å². The van der Waals surface area contributed by atoms with Crippen molar-refractivity contribution >= 4 is 6.21 Å². The van der Waals surface area contributed by atoms with E-state index in [4.69, 9.17) is 18.9 Å². The number of ether oxygens (including phenoxy) is 4. The van der Waals surface area contributed by atoms with Crippen molar-refractivity contribution < 1.29 is 59.8 Å². The highest BCUT2D eigenvalue weighted by atomic mass is 16.7. The molecule has 2 fully saturated rings. The van der Waals surface area contributed by atoms with Crippen LogP contribution in [0.3, 0.4) is 0 Å². The van der Waals surface area contributed by atoms with E-state index in [9.17, 15) is 40.9 Å². The minimum Gasteiger partial charge on any atom is -0.394 e. The van der Waals surface area contributed by atoms with E-state index in [0.29, 0.717) is 0 Å². The van der Waals surface area contributed by atoms with Gasteiger partial charge in [-0.2, -0.15) is 0 Å². The summed E-state index contributed by atoms with van der Waals surface area (Å²) in [5.41, 5.74) is 0. The highest BCUT2D eigenvalue weighted by molar-refractivity contribution is 5.67. The van der Waals surface area contributed by atoms with E-state index in [0.717, 1.165) is 0 Å². The Labute approximate surface area is 171 Å². The van der Waals surface area contributed by atoms with Gasteiger partial charge in [0.25, 0.3) is 0 Å². The summed E-state index contributed by atoms with van der Waals surface area (Å²) in [4.78, 5) is 3.87. The van der Waals surface area contributed by atoms with E-state index < -0.39 is 92.9 Å². The van der Waals surface area contributed by atoms with Crippen molar-refractivity contribution in [2.75, 3.05) is 13.2 Å². The summed E-state index contributed by atoms with van der Waals surface area (Å²) in [6.45, 7) is 0.339. The third-order valence-electron chi connectivity index (χ3n) is 5.54. The maximum Gasteiger partial charge on any atom is 0.187 e. The summed E-state index contributed by atoms with van der Waals surface area (Å²) in [6.07, 6.45) is -15.5. The molecule has 2 saturated heterocycles. The molecule has 0 aliphatic carbocycles. The first-order valence-electron chi connectivity index (χ1n) is 9.64. The summed E-state index contributed by atoms with van der Waals surface area (Å²) in [6, 6.07) is -0.797. The first kappa shape index (κ1) is 23.8. The summed E-state index contributed by atoms with van der Waals surface area (Å²) >= 11 is 0. The van der Waals surface area contributed by atoms with Gasteiger partial charge in [0, 0.05) is 6.21 Å². The Morgan fingerprint density at radius 3 is 2.00 bits per heavy atom. The highest BCUT2D eigenvalue weighted by Gasteiger charge is 2.51. The summed E-state index contributed by atoms with van der Waals surface area (Å²) in [7, 11) is 0. The second kappa shape index (κ2) is 9.77. The van der Waals surface area contributed by atoms with Crippen molar-refractivity contribution in [2.45, 2.75) is 86.6 Å². The molecule has 8 N–H and O–H groups in total. The first-order chi connectivity index (χ1) is 14.2. The molecule has 0 unspecified atom stereocenters. The van der Waals surface area contributed by atoms with Gasteiger partial charge in [0.1, 0.15) is 61.0 Å². The van der Waals surface area contributed by atoms with E-state index in [-0.39, 0.29) is 0 Å². The Kier molecular flexibility index (Phi) is 7.76. The maximum absolute atomic E-state index is 10.5. The fourth-order valence-corrected chi connectivity index (χ4v) is 3.69. The molecule has 0 spiro atoms. The Morgan fingerprint density at radius 1 is 0.767 bits per heavy atom. The average Bonchev–Trinajstić information content (AvgIpc) is 3.09. The lowest BCUT2D eigenvalue weighted by Gasteiger charge is -2.46. The van der Waals surface area contributed by atoms with E-state index in [1.807, 2.05) is 0 Å². The van der Waals surface area contributed by atoms with Gasteiger partial charge in [0.15, 0.2) is 12.6 Å². The maximum atomic E-state index is 10.5. The lowest BCUT2D eigenvalue weighted by Crippen LogP contribution is -2.64. The molecule has 3 heterocycles. The number of hydrogen-bond donors (Lipinski definition) is 8. The number of nitrogens with zero attached hydrogens (tertiary/aromatic N) is 1. The molecule has 13 atom stereocenters. The number of hydrogen-bond acceptors (Lipinski definition) is 13. The van der Waals surface area contributed by atoms with E-state index in [1.165, 1.54) is 13.1 Å². The second-order valence-electron chi connectivity index (χ2n) is 7.63. The molecular formula is C17H29NO12. The summed E-state index contributed by atoms with van der Waals surface area (Å²) < 4.78 is 21.8. The molecule has 0 aromatic rings. The molecule has 0 aromatic carbocycles. The minimum atomic E-state index is -1.70. The van der Waals surface area contributed by atoms with Crippen molar-refractivity contribution in [3.63, 3.8) is 0 Å². The number of rotatable bonds is 6. The van der Waals surface area contributed by atoms with Crippen LogP contribution in [-0.2, 0) is 18.9 Å². The topological polar surface area (TPSA) is 211 Å². The van der Waals surface area contributed by atoms with Gasteiger partial charge in [0.05, 0.1) is 19.3 Å². The first-order valence-corrected chi connectivity index (χ1v) is 9.64. The lowest BCUT2D eigenvalue weighted by atomic mass is 9.97. The fraction of sp³-hybridized carbons (Fsp3) is 0.941. The van der Waals surface area contributed by atoms with Crippen LogP contribution in [0.2, 0.25) is 0 Å².